The van der Waals surface area contributed by atoms with Gasteiger partial charge in [0.2, 0.25) is 5.91 Å². The maximum Gasteiger partial charge on any atom is 0.233 e. The van der Waals surface area contributed by atoms with E-state index in [-0.39, 0.29) is 10.7 Å². The van der Waals surface area contributed by atoms with Gasteiger partial charge in [0.15, 0.2) is 0 Å². The number of thioether (sulfide) groups is 1. The molecule has 1 aliphatic heterocycles. The molecule has 0 radical (unpaired) electrons. The van der Waals surface area contributed by atoms with Crippen LogP contribution in [0.2, 0.25) is 0 Å². The van der Waals surface area contributed by atoms with Gasteiger partial charge in [0.05, 0.1) is 4.83 Å². The summed E-state index contributed by atoms with van der Waals surface area (Å²) in [6.45, 7) is 2.84. The first kappa shape index (κ1) is 11.4. The molecule has 1 amide bonds. The largest absolute Gasteiger partial charge is 0.354 e. The second-order valence-electron chi connectivity index (χ2n) is 3.26. The van der Waals surface area contributed by atoms with Crippen molar-refractivity contribution in [3.05, 3.63) is 0 Å². The molecule has 0 aliphatic carbocycles. The molecule has 0 aromatic heterocycles. The molecular formula is C9H16BrNOS. The number of hydrogen-bond acceptors (Lipinski definition) is 2. The van der Waals surface area contributed by atoms with Gasteiger partial charge in [-0.25, -0.2) is 0 Å². The summed E-state index contributed by atoms with van der Waals surface area (Å²) in [4.78, 5) is 11.3. The fourth-order valence-corrected chi connectivity index (χ4v) is 2.68. The van der Waals surface area contributed by atoms with Gasteiger partial charge in [-0.05, 0) is 25.0 Å². The molecule has 1 fully saturated rings. The topological polar surface area (TPSA) is 29.1 Å². The van der Waals surface area contributed by atoms with Crippen molar-refractivity contribution in [3.63, 3.8) is 0 Å². The van der Waals surface area contributed by atoms with Crippen LogP contribution in [0.15, 0.2) is 0 Å². The zero-order valence-electron chi connectivity index (χ0n) is 7.88. The highest BCUT2D eigenvalue weighted by Gasteiger charge is 2.18. The van der Waals surface area contributed by atoms with Crippen LogP contribution in [-0.4, -0.2) is 28.3 Å². The van der Waals surface area contributed by atoms with Crippen molar-refractivity contribution in [1.29, 1.82) is 0 Å². The predicted octanol–water partition coefficient (Wildman–Crippen LogP) is 2.17. The van der Waals surface area contributed by atoms with Crippen molar-refractivity contribution >= 4 is 33.6 Å². The highest BCUT2D eigenvalue weighted by molar-refractivity contribution is 9.10. The van der Waals surface area contributed by atoms with Crippen LogP contribution in [0.5, 0.6) is 0 Å². The van der Waals surface area contributed by atoms with E-state index in [2.05, 4.69) is 21.2 Å². The first-order valence-corrected chi connectivity index (χ1v) is 6.74. The zero-order chi connectivity index (χ0) is 9.68. The standard InChI is InChI=1S/C9H16BrNOS/c1-2-8(10)9(12)11-6-7-4-3-5-13-7/h7-8H,2-6H2,1H3,(H,11,12). The van der Waals surface area contributed by atoms with Crippen LogP contribution >= 0.6 is 27.7 Å². The van der Waals surface area contributed by atoms with Crippen molar-refractivity contribution in [2.24, 2.45) is 0 Å². The Morgan fingerprint density at radius 2 is 2.54 bits per heavy atom. The van der Waals surface area contributed by atoms with E-state index in [9.17, 15) is 4.79 Å². The van der Waals surface area contributed by atoms with Gasteiger partial charge in [0, 0.05) is 11.8 Å². The fourth-order valence-electron chi connectivity index (χ4n) is 1.32. The lowest BCUT2D eigenvalue weighted by Crippen LogP contribution is -2.34. The van der Waals surface area contributed by atoms with Gasteiger partial charge in [-0.15, -0.1) is 0 Å². The molecule has 1 aliphatic rings. The lowest BCUT2D eigenvalue weighted by atomic mass is 10.2. The number of carbonyl (C=O) groups is 1. The van der Waals surface area contributed by atoms with E-state index in [1.54, 1.807) is 0 Å². The van der Waals surface area contributed by atoms with Crippen molar-refractivity contribution in [2.75, 3.05) is 12.3 Å². The quantitative estimate of drug-likeness (QED) is 0.790. The van der Waals surface area contributed by atoms with Gasteiger partial charge in [0.25, 0.3) is 0 Å². The monoisotopic (exact) mass is 265 g/mol. The third-order valence-corrected chi connectivity index (χ3v) is 4.63. The number of hydrogen-bond donors (Lipinski definition) is 1. The first-order chi connectivity index (χ1) is 6.24. The summed E-state index contributed by atoms with van der Waals surface area (Å²) < 4.78 is 0. The van der Waals surface area contributed by atoms with Crippen LogP contribution in [-0.2, 0) is 4.79 Å². The molecule has 1 heterocycles. The van der Waals surface area contributed by atoms with Gasteiger partial charge in [0.1, 0.15) is 0 Å². The summed E-state index contributed by atoms with van der Waals surface area (Å²) in [6, 6.07) is 0. The summed E-state index contributed by atoms with van der Waals surface area (Å²) in [5.74, 6) is 1.39. The molecule has 0 aromatic carbocycles. The van der Waals surface area contributed by atoms with Crippen LogP contribution in [0.25, 0.3) is 0 Å². The average molecular weight is 266 g/mol. The van der Waals surface area contributed by atoms with Crippen LogP contribution in [0.4, 0.5) is 0 Å². The molecule has 1 saturated heterocycles. The molecule has 0 aromatic rings. The number of alkyl halides is 1. The molecule has 0 saturated carbocycles. The van der Waals surface area contributed by atoms with E-state index < -0.39 is 0 Å². The van der Waals surface area contributed by atoms with Crippen molar-refractivity contribution in [3.8, 4) is 0 Å². The van der Waals surface area contributed by atoms with E-state index in [1.165, 1.54) is 18.6 Å². The fraction of sp³-hybridized carbons (Fsp3) is 0.889. The van der Waals surface area contributed by atoms with Gasteiger partial charge in [-0.3, -0.25) is 4.79 Å². The van der Waals surface area contributed by atoms with Gasteiger partial charge >= 0.3 is 0 Å². The van der Waals surface area contributed by atoms with Gasteiger partial charge in [-0.1, -0.05) is 22.9 Å². The molecule has 2 unspecified atom stereocenters. The minimum Gasteiger partial charge on any atom is -0.354 e. The number of halogens is 1. The molecule has 0 bridgehead atoms. The Balaban J connectivity index is 2.13. The number of rotatable bonds is 4. The lowest BCUT2D eigenvalue weighted by Gasteiger charge is -2.12. The maximum atomic E-state index is 11.4. The van der Waals surface area contributed by atoms with E-state index in [4.69, 9.17) is 0 Å². The summed E-state index contributed by atoms with van der Waals surface area (Å²) >= 11 is 5.31. The van der Waals surface area contributed by atoms with Crippen molar-refractivity contribution in [2.45, 2.75) is 36.3 Å². The minimum absolute atomic E-state index is 0.0149. The summed E-state index contributed by atoms with van der Waals surface area (Å²) in [5, 5.41) is 3.62. The molecular weight excluding hydrogens is 250 g/mol. The van der Waals surface area contributed by atoms with E-state index in [1.807, 2.05) is 18.7 Å². The second-order valence-corrected chi connectivity index (χ2v) is 5.77. The molecule has 4 heteroatoms. The Bertz CT molecular complexity index is 171. The molecule has 76 valence electrons. The summed E-state index contributed by atoms with van der Waals surface area (Å²) in [5.41, 5.74) is 0. The average Bonchev–Trinajstić information content (AvgIpc) is 2.65. The van der Waals surface area contributed by atoms with Crippen molar-refractivity contribution < 1.29 is 4.79 Å². The smallest absolute Gasteiger partial charge is 0.233 e. The third kappa shape index (κ3) is 3.90. The Kier molecular flexibility index (Phi) is 5.17. The minimum atomic E-state index is -0.0149. The number of carbonyl (C=O) groups excluding carboxylic acids is 1. The second kappa shape index (κ2) is 5.91. The Labute approximate surface area is 92.4 Å². The normalized spacial score (nSPS) is 24.3. The highest BCUT2D eigenvalue weighted by atomic mass is 79.9. The highest BCUT2D eigenvalue weighted by Crippen LogP contribution is 2.25. The molecule has 2 atom stereocenters. The lowest BCUT2D eigenvalue weighted by molar-refractivity contribution is -0.120. The van der Waals surface area contributed by atoms with E-state index >= 15 is 0 Å². The zero-order valence-corrected chi connectivity index (χ0v) is 10.3. The number of nitrogens with one attached hydrogen (secondary N) is 1. The molecule has 0 spiro atoms. The Morgan fingerprint density at radius 1 is 1.77 bits per heavy atom. The predicted molar refractivity (Wildman–Crippen MR) is 61.5 cm³/mol. The molecule has 1 N–H and O–H groups in total. The van der Waals surface area contributed by atoms with E-state index in [0.29, 0.717) is 5.25 Å². The van der Waals surface area contributed by atoms with Crippen molar-refractivity contribution in [1.82, 2.24) is 5.32 Å². The number of amides is 1. The summed E-state index contributed by atoms with van der Waals surface area (Å²) in [6.07, 6.45) is 3.41. The molecule has 2 nitrogen and oxygen atoms in total. The Morgan fingerprint density at radius 3 is 3.08 bits per heavy atom. The van der Waals surface area contributed by atoms with Gasteiger partial charge < -0.3 is 5.32 Å². The van der Waals surface area contributed by atoms with Crippen LogP contribution in [0.3, 0.4) is 0 Å². The molecule has 13 heavy (non-hydrogen) atoms. The van der Waals surface area contributed by atoms with Gasteiger partial charge in [-0.2, -0.15) is 11.8 Å². The SMILES string of the molecule is CCC(Br)C(=O)NCC1CCCS1. The molecule has 1 rings (SSSR count). The first-order valence-electron chi connectivity index (χ1n) is 4.77. The van der Waals surface area contributed by atoms with Crippen LogP contribution in [0, 0.1) is 0 Å². The van der Waals surface area contributed by atoms with E-state index in [0.717, 1.165) is 13.0 Å². The van der Waals surface area contributed by atoms with Crippen LogP contribution in [0.1, 0.15) is 26.2 Å². The maximum absolute atomic E-state index is 11.4. The summed E-state index contributed by atoms with van der Waals surface area (Å²) in [7, 11) is 0. The Hall–Kier alpha value is 0.300. The third-order valence-electron chi connectivity index (χ3n) is 2.17. The van der Waals surface area contributed by atoms with Crippen LogP contribution < -0.4 is 5.32 Å².